The van der Waals surface area contributed by atoms with Crippen molar-refractivity contribution >= 4 is 0 Å². The zero-order valence-corrected chi connectivity index (χ0v) is 34.5. The van der Waals surface area contributed by atoms with Gasteiger partial charge in [0.15, 0.2) is 43.0 Å². The molecule has 66 heavy (non-hydrogen) atoms. The van der Waals surface area contributed by atoms with Gasteiger partial charge in [0, 0.05) is 13.0 Å². The van der Waals surface area contributed by atoms with Crippen LogP contribution in [0.5, 0.6) is 0 Å². The topological polar surface area (TPSA) is 486 Å². The van der Waals surface area contributed by atoms with E-state index in [-0.39, 0.29) is 0 Å². The molecule has 0 saturated carbocycles. The summed E-state index contributed by atoms with van der Waals surface area (Å²) in [6, 6.07) is 0. The van der Waals surface area contributed by atoms with Crippen LogP contribution in [0.3, 0.4) is 0 Å². The highest BCUT2D eigenvalue weighted by Crippen LogP contribution is 2.37. The minimum absolute atomic E-state index is 0.636. The van der Waals surface area contributed by atoms with Crippen LogP contribution in [0.15, 0.2) is 11.5 Å². The largest absolute Gasteiger partial charge is 0.506 e. The summed E-state index contributed by atoms with van der Waals surface area (Å²) in [6.45, 7) is -5.96. The highest BCUT2D eigenvalue weighted by Gasteiger charge is 2.57. The lowest BCUT2D eigenvalue weighted by atomic mass is 9.95. The number of aliphatic hydroxyl groups is 19. The number of rotatable bonds is 7. The molecule has 0 radical (unpaired) electrons. The van der Waals surface area contributed by atoms with E-state index in [0.717, 1.165) is 0 Å². The van der Waals surface area contributed by atoms with Gasteiger partial charge in [0.25, 0.3) is 0 Å². The van der Waals surface area contributed by atoms with E-state index in [0.29, 0.717) is 0 Å². The standard InChI is InChI=1S/C36H60O30/c37-2-1-8-14(43)20(49)31(55)62-26-9(3-38)58-33(22(51)15(26)44)64-28-11(5-40)60-35(24(53)17(28)46)66-30-13(7-42)61-36(25(54)19(30)48)65-29-12(6-41)59-34(23(52)18(29)47)63-27-10(4-39)57-32(56-8)21(50)16(27)45/h8-13,15-19,21-55H,1-7H2/b20-14+. The number of ether oxygens (including phenoxy) is 11. The molecule has 0 aromatic carbocycles. The van der Waals surface area contributed by atoms with Gasteiger partial charge in [0.05, 0.1) is 33.0 Å². The van der Waals surface area contributed by atoms with Gasteiger partial charge in [-0.2, -0.15) is 0 Å². The fourth-order valence-corrected chi connectivity index (χ4v) is 8.34. The first kappa shape index (κ1) is 53.6. The Bertz CT molecular complexity index is 1540. The lowest BCUT2D eigenvalue weighted by molar-refractivity contribution is -0.394. The van der Waals surface area contributed by atoms with Gasteiger partial charge in [-0.3, -0.25) is 0 Å². The summed E-state index contributed by atoms with van der Waals surface area (Å²) < 4.78 is 61.3. The maximum Gasteiger partial charge on any atom is 0.218 e. The first-order valence-corrected chi connectivity index (χ1v) is 20.8. The molecule has 0 amide bonds. The Balaban J connectivity index is 1.33. The molecular formula is C36H60O30. The third-order valence-corrected chi connectivity index (χ3v) is 12.0. The Hall–Kier alpha value is -1.78. The molecule has 13 rings (SSSR count). The second-order valence-electron chi connectivity index (χ2n) is 16.3. The second kappa shape index (κ2) is 23.0. The molecule has 13 aliphatic heterocycles. The Morgan fingerprint density at radius 3 is 0.773 bits per heavy atom. The van der Waals surface area contributed by atoms with E-state index in [1.54, 1.807) is 0 Å². The fourth-order valence-electron chi connectivity index (χ4n) is 8.34. The zero-order valence-electron chi connectivity index (χ0n) is 34.5. The second-order valence-corrected chi connectivity index (χ2v) is 16.3. The Morgan fingerprint density at radius 2 is 0.530 bits per heavy atom. The molecule has 13 aliphatic rings. The van der Waals surface area contributed by atoms with Crippen LogP contribution >= 0.6 is 0 Å². The van der Waals surface area contributed by atoms with Crippen molar-refractivity contribution in [3.8, 4) is 0 Å². The summed E-state index contributed by atoms with van der Waals surface area (Å²) in [5.41, 5.74) is 0. The molecule has 0 spiro atoms. The van der Waals surface area contributed by atoms with Gasteiger partial charge in [-0.1, -0.05) is 0 Å². The average Bonchev–Trinajstić information content (AvgIpc) is 3.31. The lowest BCUT2D eigenvalue weighted by Gasteiger charge is -2.49. The van der Waals surface area contributed by atoms with Gasteiger partial charge >= 0.3 is 0 Å². The smallest absolute Gasteiger partial charge is 0.218 e. The molecule has 5 saturated heterocycles. The molecule has 30 nitrogen and oxygen atoms in total. The normalized spacial score (nSPS) is 52.5. The molecule has 27 unspecified atom stereocenters. The molecule has 10 bridgehead atoms. The van der Waals surface area contributed by atoms with Crippen molar-refractivity contribution in [3.05, 3.63) is 11.5 Å². The molecule has 0 aromatic rings. The van der Waals surface area contributed by atoms with Crippen LogP contribution in [-0.2, 0) is 52.1 Å². The van der Waals surface area contributed by atoms with Crippen LogP contribution in [0.4, 0.5) is 0 Å². The number of fused-ring (bicyclic) bond motifs is 1. The Morgan fingerprint density at radius 1 is 0.288 bits per heavy atom. The van der Waals surface area contributed by atoms with E-state index in [1.165, 1.54) is 0 Å². The van der Waals surface area contributed by atoms with Gasteiger partial charge in [0.2, 0.25) is 6.29 Å². The van der Waals surface area contributed by atoms with Gasteiger partial charge in [-0.25, -0.2) is 0 Å². The van der Waals surface area contributed by atoms with Crippen LogP contribution in [-0.4, -0.2) is 303 Å². The summed E-state index contributed by atoms with van der Waals surface area (Å²) >= 11 is 0. The zero-order chi connectivity index (χ0) is 48.5. The first-order chi connectivity index (χ1) is 31.3. The van der Waals surface area contributed by atoms with Gasteiger partial charge in [0.1, 0.15) is 128 Å². The van der Waals surface area contributed by atoms with Crippen molar-refractivity contribution in [3.63, 3.8) is 0 Å². The van der Waals surface area contributed by atoms with Crippen molar-refractivity contribution in [1.82, 2.24) is 0 Å². The SMILES string of the molecule is OCCC1OC2OC(CO)C(OC3OC(CO)C(OC4OC(CO)C(OC5OC(CO)C(OC6OC(CO)C(OC(O)/C(O)=C/1O)C(O)C6O)C(O)C5O)C(O)C4O)C(O)C3O)C(O)C2O. The maximum absolute atomic E-state index is 11.2. The monoisotopic (exact) mass is 972 g/mol. The van der Waals surface area contributed by atoms with Crippen molar-refractivity contribution < 1.29 is 149 Å². The molecule has 27 atom stereocenters. The molecule has 0 aliphatic carbocycles. The molecule has 13 heterocycles. The predicted octanol–water partition coefficient (Wildman–Crippen LogP) is -11.5. The quantitative estimate of drug-likeness (QED) is 0.113. The van der Waals surface area contributed by atoms with E-state index in [9.17, 15) is 97.0 Å². The fraction of sp³-hybridized carbons (Fsp3) is 0.944. The molecule has 19 N–H and O–H groups in total. The van der Waals surface area contributed by atoms with Crippen LogP contribution in [0, 0.1) is 0 Å². The maximum atomic E-state index is 11.2. The van der Waals surface area contributed by atoms with Gasteiger partial charge in [-0.05, 0) is 0 Å². The number of hydrogen-bond acceptors (Lipinski definition) is 30. The van der Waals surface area contributed by atoms with Crippen molar-refractivity contribution in [1.29, 1.82) is 0 Å². The van der Waals surface area contributed by atoms with Crippen molar-refractivity contribution in [2.45, 2.75) is 172 Å². The summed E-state index contributed by atoms with van der Waals surface area (Å²) in [6.07, 6.45) is -54.9. The van der Waals surface area contributed by atoms with E-state index in [2.05, 4.69) is 0 Å². The van der Waals surface area contributed by atoms with Crippen LogP contribution < -0.4 is 0 Å². The molecule has 30 heteroatoms. The lowest BCUT2D eigenvalue weighted by Crippen LogP contribution is -2.68. The van der Waals surface area contributed by atoms with Crippen molar-refractivity contribution in [2.75, 3.05) is 39.6 Å². The summed E-state index contributed by atoms with van der Waals surface area (Å²) in [4.78, 5) is 0. The van der Waals surface area contributed by atoms with E-state index in [4.69, 9.17) is 52.1 Å². The summed E-state index contributed by atoms with van der Waals surface area (Å²) in [5, 5.41) is 205. The van der Waals surface area contributed by atoms with Crippen LogP contribution in [0.2, 0.25) is 0 Å². The summed E-state index contributed by atoms with van der Waals surface area (Å²) in [7, 11) is 0. The minimum atomic E-state index is -2.65. The Labute approximate surface area is 372 Å². The molecule has 0 aromatic heterocycles. The molecule has 5 fully saturated rings. The minimum Gasteiger partial charge on any atom is -0.506 e. The molecular weight excluding hydrogens is 912 g/mol. The van der Waals surface area contributed by atoms with E-state index >= 15 is 0 Å². The highest BCUT2D eigenvalue weighted by atomic mass is 16.8. The summed E-state index contributed by atoms with van der Waals surface area (Å²) in [5.74, 6) is -2.77. The van der Waals surface area contributed by atoms with Crippen molar-refractivity contribution in [2.24, 2.45) is 0 Å². The number of aliphatic hydroxyl groups excluding tert-OH is 19. The third kappa shape index (κ3) is 10.8. The molecule has 384 valence electrons. The average molecular weight is 973 g/mol. The Kier molecular flexibility index (Phi) is 18.6. The van der Waals surface area contributed by atoms with E-state index in [1.807, 2.05) is 0 Å². The van der Waals surface area contributed by atoms with Crippen LogP contribution in [0.1, 0.15) is 6.42 Å². The highest BCUT2D eigenvalue weighted by molar-refractivity contribution is 5.08. The van der Waals surface area contributed by atoms with E-state index < -0.39 is 224 Å². The van der Waals surface area contributed by atoms with Gasteiger partial charge in [-0.15, -0.1) is 0 Å². The third-order valence-electron chi connectivity index (χ3n) is 12.0. The van der Waals surface area contributed by atoms with Gasteiger partial charge < -0.3 is 149 Å². The predicted molar refractivity (Wildman–Crippen MR) is 198 cm³/mol. The first-order valence-electron chi connectivity index (χ1n) is 20.8. The number of hydrogen-bond donors (Lipinski definition) is 19. The van der Waals surface area contributed by atoms with Crippen LogP contribution in [0.25, 0.3) is 0 Å².